The number of aryl methyl sites for hydroxylation is 1. The highest BCUT2D eigenvalue weighted by atomic mass is 16.5. The number of hydrogen-bond donors (Lipinski definition) is 1. The SMILES string of the molecule is Cc1nc([C@@H]2CCCN2C(=O)C2=NNC(=O)CC2)no1. The van der Waals surface area contributed by atoms with Gasteiger partial charge in [0.2, 0.25) is 11.8 Å². The van der Waals surface area contributed by atoms with Gasteiger partial charge in [0.1, 0.15) is 5.71 Å². The lowest BCUT2D eigenvalue weighted by molar-refractivity contribution is -0.125. The Labute approximate surface area is 115 Å². The van der Waals surface area contributed by atoms with Crippen LogP contribution < -0.4 is 5.43 Å². The van der Waals surface area contributed by atoms with Crippen molar-refractivity contribution in [3.63, 3.8) is 0 Å². The Morgan fingerprint density at radius 2 is 2.30 bits per heavy atom. The highest BCUT2D eigenvalue weighted by molar-refractivity contribution is 6.39. The molecule has 1 aromatic rings. The first-order chi connectivity index (χ1) is 9.65. The van der Waals surface area contributed by atoms with E-state index in [-0.39, 0.29) is 17.9 Å². The fraction of sp³-hybridized carbons (Fsp3) is 0.583. The minimum atomic E-state index is -0.166. The third-order valence-corrected chi connectivity index (χ3v) is 3.51. The van der Waals surface area contributed by atoms with Crippen LogP contribution in [0, 0.1) is 6.92 Å². The topological polar surface area (TPSA) is 101 Å². The van der Waals surface area contributed by atoms with Crippen molar-refractivity contribution in [1.82, 2.24) is 20.5 Å². The van der Waals surface area contributed by atoms with Crippen LogP contribution in [-0.4, -0.2) is 39.1 Å². The molecule has 20 heavy (non-hydrogen) atoms. The minimum absolute atomic E-state index is 0.157. The quantitative estimate of drug-likeness (QED) is 0.838. The van der Waals surface area contributed by atoms with Crippen LogP contribution in [-0.2, 0) is 9.59 Å². The predicted molar refractivity (Wildman–Crippen MR) is 67.5 cm³/mol. The molecule has 1 saturated heterocycles. The molecule has 3 rings (SSSR count). The number of nitrogens with one attached hydrogen (secondary N) is 1. The second kappa shape index (κ2) is 5.03. The first-order valence-corrected chi connectivity index (χ1v) is 6.62. The van der Waals surface area contributed by atoms with E-state index >= 15 is 0 Å². The van der Waals surface area contributed by atoms with Gasteiger partial charge in [0.05, 0.1) is 6.04 Å². The maximum Gasteiger partial charge on any atom is 0.270 e. The lowest BCUT2D eigenvalue weighted by atomic mass is 10.1. The van der Waals surface area contributed by atoms with E-state index in [1.165, 1.54) is 0 Å². The third-order valence-electron chi connectivity index (χ3n) is 3.51. The summed E-state index contributed by atoms with van der Waals surface area (Å²) < 4.78 is 4.98. The predicted octanol–water partition coefficient (Wildman–Crippen LogP) is 0.308. The van der Waals surface area contributed by atoms with Crippen LogP contribution in [0.5, 0.6) is 0 Å². The number of rotatable bonds is 2. The average molecular weight is 277 g/mol. The van der Waals surface area contributed by atoms with Gasteiger partial charge in [-0.3, -0.25) is 9.59 Å². The largest absolute Gasteiger partial charge is 0.340 e. The van der Waals surface area contributed by atoms with Crippen molar-refractivity contribution in [3.8, 4) is 0 Å². The van der Waals surface area contributed by atoms with Crippen molar-refractivity contribution in [2.75, 3.05) is 6.54 Å². The van der Waals surface area contributed by atoms with Gasteiger partial charge in [0.25, 0.3) is 5.91 Å². The summed E-state index contributed by atoms with van der Waals surface area (Å²) in [4.78, 5) is 29.4. The number of aromatic nitrogens is 2. The summed E-state index contributed by atoms with van der Waals surface area (Å²) in [6.45, 7) is 2.36. The molecule has 1 atom stereocenters. The van der Waals surface area contributed by atoms with E-state index in [2.05, 4.69) is 20.7 Å². The van der Waals surface area contributed by atoms with Gasteiger partial charge >= 0.3 is 0 Å². The highest BCUT2D eigenvalue weighted by Gasteiger charge is 2.35. The summed E-state index contributed by atoms with van der Waals surface area (Å²) in [6, 6.07) is -0.166. The summed E-state index contributed by atoms with van der Waals surface area (Å²) in [5.74, 6) is 0.707. The second-order valence-corrected chi connectivity index (χ2v) is 4.92. The fourth-order valence-electron chi connectivity index (χ4n) is 2.52. The van der Waals surface area contributed by atoms with Crippen LogP contribution in [0.2, 0.25) is 0 Å². The Hall–Kier alpha value is -2.25. The monoisotopic (exact) mass is 277 g/mol. The lowest BCUT2D eigenvalue weighted by Gasteiger charge is -2.23. The maximum absolute atomic E-state index is 12.5. The van der Waals surface area contributed by atoms with Gasteiger partial charge in [-0.25, -0.2) is 5.43 Å². The summed E-state index contributed by atoms with van der Waals surface area (Å²) >= 11 is 0. The van der Waals surface area contributed by atoms with Gasteiger partial charge < -0.3 is 9.42 Å². The molecule has 2 aliphatic heterocycles. The van der Waals surface area contributed by atoms with Gasteiger partial charge in [-0.1, -0.05) is 5.16 Å². The number of carbonyl (C=O) groups is 2. The van der Waals surface area contributed by atoms with Gasteiger partial charge in [-0.15, -0.1) is 0 Å². The molecule has 0 radical (unpaired) electrons. The number of carbonyl (C=O) groups excluding carboxylic acids is 2. The Balaban J connectivity index is 1.78. The third kappa shape index (κ3) is 2.28. The van der Waals surface area contributed by atoms with E-state index in [4.69, 9.17) is 4.52 Å². The van der Waals surface area contributed by atoms with Gasteiger partial charge in [0.15, 0.2) is 5.82 Å². The van der Waals surface area contributed by atoms with Crippen LogP contribution in [0.15, 0.2) is 9.62 Å². The first-order valence-electron chi connectivity index (χ1n) is 6.62. The Morgan fingerprint density at radius 1 is 1.45 bits per heavy atom. The molecule has 2 aliphatic rings. The summed E-state index contributed by atoms with van der Waals surface area (Å²) in [5, 5.41) is 7.75. The molecular formula is C12H15N5O3. The standard InChI is InChI=1S/C12H15N5O3/c1-7-13-11(16-20-7)9-3-2-6-17(9)12(19)8-4-5-10(18)15-14-8/h9H,2-6H2,1H3,(H,15,18)/t9-/m0/s1. The Morgan fingerprint density at radius 3 is 2.95 bits per heavy atom. The van der Waals surface area contributed by atoms with Crippen molar-refractivity contribution >= 4 is 17.5 Å². The molecule has 3 heterocycles. The number of likely N-dealkylation sites (tertiary alicyclic amines) is 1. The molecule has 2 amide bonds. The number of hydrogen-bond acceptors (Lipinski definition) is 6. The molecule has 0 bridgehead atoms. The van der Waals surface area contributed by atoms with E-state index in [1.807, 2.05) is 0 Å². The second-order valence-electron chi connectivity index (χ2n) is 4.92. The molecule has 106 valence electrons. The van der Waals surface area contributed by atoms with E-state index in [9.17, 15) is 9.59 Å². The van der Waals surface area contributed by atoms with Crippen molar-refractivity contribution < 1.29 is 14.1 Å². The van der Waals surface area contributed by atoms with Gasteiger partial charge in [-0.2, -0.15) is 10.1 Å². The molecule has 0 saturated carbocycles. The van der Waals surface area contributed by atoms with Crippen LogP contribution in [0.25, 0.3) is 0 Å². The van der Waals surface area contributed by atoms with E-state index in [1.54, 1.807) is 11.8 Å². The molecule has 0 unspecified atom stereocenters. The molecule has 1 aromatic heterocycles. The zero-order valence-corrected chi connectivity index (χ0v) is 11.1. The van der Waals surface area contributed by atoms with Crippen molar-refractivity contribution in [1.29, 1.82) is 0 Å². The van der Waals surface area contributed by atoms with Crippen LogP contribution in [0.1, 0.15) is 43.4 Å². The van der Waals surface area contributed by atoms with Crippen LogP contribution >= 0.6 is 0 Å². The van der Waals surface area contributed by atoms with E-state index < -0.39 is 0 Å². The first kappa shape index (κ1) is 12.8. The average Bonchev–Trinajstić information content (AvgIpc) is 3.07. The Bertz CT molecular complexity index is 579. The highest BCUT2D eigenvalue weighted by Crippen LogP contribution is 2.30. The lowest BCUT2D eigenvalue weighted by Crippen LogP contribution is -2.40. The summed E-state index contributed by atoms with van der Waals surface area (Å²) in [5.41, 5.74) is 2.73. The molecular weight excluding hydrogens is 262 g/mol. The van der Waals surface area contributed by atoms with Crippen LogP contribution in [0.4, 0.5) is 0 Å². The fourth-order valence-corrected chi connectivity index (χ4v) is 2.52. The van der Waals surface area contributed by atoms with E-state index in [0.29, 0.717) is 36.8 Å². The molecule has 1 fully saturated rings. The number of nitrogens with zero attached hydrogens (tertiary/aromatic N) is 4. The van der Waals surface area contributed by atoms with E-state index in [0.717, 1.165) is 12.8 Å². The summed E-state index contributed by atoms with van der Waals surface area (Å²) in [7, 11) is 0. The zero-order chi connectivity index (χ0) is 14.1. The van der Waals surface area contributed by atoms with Crippen molar-refractivity contribution in [3.05, 3.63) is 11.7 Å². The van der Waals surface area contributed by atoms with Crippen LogP contribution in [0.3, 0.4) is 0 Å². The Kier molecular flexibility index (Phi) is 3.21. The molecule has 8 heteroatoms. The molecule has 0 spiro atoms. The molecule has 0 aromatic carbocycles. The van der Waals surface area contributed by atoms with Gasteiger partial charge in [-0.05, 0) is 12.8 Å². The minimum Gasteiger partial charge on any atom is -0.340 e. The zero-order valence-electron chi connectivity index (χ0n) is 11.1. The van der Waals surface area contributed by atoms with Crippen molar-refractivity contribution in [2.45, 2.75) is 38.6 Å². The number of hydrazone groups is 1. The normalized spacial score (nSPS) is 22.6. The number of amides is 2. The maximum atomic E-state index is 12.5. The van der Waals surface area contributed by atoms with Crippen molar-refractivity contribution in [2.24, 2.45) is 5.10 Å². The smallest absolute Gasteiger partial charge is 0.270 e. The molecule has 8 nitrogen and oxygen atoms in total. The summed E-state index contributed by atoms with van der Waals surface area (Å²) in [6.07, 6.45) is 2.37. The van der Waals surface area contributed by atoms with Gasteiger partial charge in [0, 0.05) is 26.3 Å². The molecule has 0 aliphatic carbocycles. The molecule has 1 N–H and O–H groups in total.